The molecule has 4 nitrogen and oxygen atoms in total. The summed E-state index contributed by atoms with van der Waals surface area (Å²) < 4.78 is 0. The fourth-order valence-corrected chi connectivity index (χ4v) is 5.58. The van der Waals surface area contributed by atoms with Crippen molar-refractivity contribution in [1.82, 2.24) is 10.6 Å². The molecule has 2 rings (SSSR count). The van der Waals surface area contributed by atoms with E-state index in [4.69, 9.17) is 0 Å². The van der Waals surface area contributed by atoms with Gasteiger partial charge in [-0.15, -0.1) is 0 Å². The van der Waals surface area contributed by atoms with Crippen LogP contribution in [-0.4, -0.2) is 36.4 Å². The van der Waals surface area contributed by atoms with E-state index in [0.717, 1.165) is 63.6 Å². The summed E-state index contributed by atoms with van der Waals surface area (Å²) in [6.45, 7) is 12.9. The first kappa shape index (κ1) is 20.9. The molecule has 2 N–H and O–H groups in total. The molecule has 5 heteroatoms. The number of piperidine rings is 2. The molecule has 0 bridgehead atoms. The second-order valence-electron chi connectivity index (χ2n) is 9.23. The zero-order chi connectivity index (χ0) is 18.5. The maximum atomic E-state index is 12.5. The summed E-state index contributed by atoms with van der Waals surface area (Å²) in [5.74, 6) is 1.14. The molecule has 0 aliphatic carbocycles. The normalized spacial score (nSPS) is 21.3. The predicted molar refractivity (Wildman–Crippen MR) is 106 cm³/mol. The Labute approximate surface area is 157 Å². The van der Waals surface area contributed by atoms with E-state index in [2.05, 4.69) is 38.3 Å². The Morgan fingerprint density at radius 1 is 0.760 bits per heavy atom. The van der Waals surface area contributed by atoms with Gasteiger partial charge in [0.15, 0.2) is 10.2 Å². The number of carbonyl (C=O) groups is 2. The lowest BCUT2D eigenvalue weighted by atomic mass is 9.72. The highest BCUT2D eigenvalue weighted by Crippen LogP contribution is 2.40. The average molecular weight is 369 g/mol. The van der Waals surface area contributed by atoms with Crippen molar-refractivity contribution < 1.29 is 9.59 Å². The Hall–Kier alpha value is -0.390. The first-order chi connectivity index (χ1) is 11.7. The number of hydrogen-bond donors (Lipinski definition) is 2. The van der Waals surface area contributed by atoms with E-state index in [9.17, 15) is 9.59 Å². The van der Waals surface area contributed by atoms with Gasteiger partial charge in [-0.1, -0.05) is 27.7 Å². The van der Waals surface area contributed by atoms with Crippen molar-refractivity contribution in [3.05, 3.63) is 0 Å². The van der Waals surface area contributed by atoms with E-state index in [0.29, 0.717) is 24.7 Å². The van der Waals surface area contributed by atoms with Crippen LogP contribution >= 0.6 is 11.8 Å². The lowest BCUT2D eigenvalue weighted by molar-refractivity contribution is -0.115. The number of carbonyl (C=O) groups excluding carboxylic acids is 2. The molecule has 2 saturated heterocycles. The lowest BCUT2D eigenvalue weighted by Gasteiger charge is -2.37. The molecule has 0 aromatic rings. The molecule has 0 unspecified atom stereocenters. The van der Waals surface area contributed by atoms with Crippen LogP contribution in [0.1, 0.15) is 66.2 Å². The van der Waals surface area contributed by atoms with Crippen molar-refractivity contribution in [2.75, 3.05) is 26.2 Å². The van der Waals surface area contributed by atoms with Crippen molar-refractivity contribution in [2.24, 2.45) is 22.7 Å². The molecular formula is C20H36N2O2S. The minimum Gasteiger partial charge on any atom is -0.317 e. The van der Waals surface area contributed by atoms with E-state index in [-0.39, 0.29) is 21.1 Å². The van der Waals surface area contributed by atoms with Crippen LogP contribution in [0.3, 0.4) is 0 Å². The van der Waals surface area contributed by atoms with Crippen molar-refractivity contribution in [2.45, 2.75) is 66.2 Å². The molecule has 2 aliphatic rings. The summed E-state index contributed by atoms with van der Waals surface area (Å²) in [5.41, 5.74) is -0.0337. The first-order valence-corrected chi connectivity index (χ1v) is 10.7. The van der Waals surface area contributed by atoms with Crippen LogP contribution in [-0.2, 0) is 9.59 Å². The SMILES string of the molecule is CC(C)(CC(=O)SC(=O)CC(C)(C)C1CCNCC1)C1CCNCC1. The topological polar surface area (TPSA) is 58.2 Å². The highest BCUT2D eigenvalue weighted by Gasteiger charge is 2.35. The fraction of sp³-hybridized carbons (Fsp3) is 0.900. The third-order valence-corrected chi connectivity index (χ3v) is 7.06. The Morgan fingerprint density at radius 2 is 1.08 bits per heavy atom. The van der Waals surface area contributed by atoms with Gasteiger partial charge in [-0.25, -0.2) is 0 Å². The number of rotatable bonds is 6. The largest absolute Gasteiger partial charge is 0.317 e. The maximum absolute atomic E-state index is 12.5. The smallest absolute Gasteiger partial charge is 0.196 e. The molecule has 0 aromatic heterocycles. The summed E-state index contributed by atoms with van der Waals surface area (Å²) in [6.07, 6.45) is 5.51. The Bertz CT molecular complexity index is 422. The Morgan fingerprint density at radius 3 is 1.40 bits per heavy atom. The molecule has 2 fully saturated rings. The maximum Gasteiger partial charge on any atom is 0.196 e. The summed E-state index contributed by atoms with van der Waals surface area (Å²) in [4.78, 5) is 25.0. The van der Waals surface area contributed by atoms with Gasteiger partial charge in [0.25, 0.3) is 0 Å². The molecule has 144 valence electrons. The minimum absolute atomic E-state index is 0.0168. The van der Waals surface area contributed by atoms with Crippen molar-refractivity contribution >= 4 is 22.0 Å². The second-order valence-corrected chi connectivity index (χ2v) is 10.3. The third-order valence-electron chi connectivity index (χ3n) is 6.32. The summed E-state index contributed by atoms with van der Waals surface area (Å²) in [5, 5.41) is 6.86. The van der Waals surface area contributed by atoms with Crippen LogP contribution in [0.15, 0.2) is 0 Å². The Balaban J connectivity index is 1.81. The fourth-order valence-electron chi connectivity index (χ4n) is 4.44. The highest BCUT2D eigenvalue weighted by atomic mass is 32.2. The average Bonchev–Trinajstić information content (AvgIpc) is 2.55. The molecule has 2 aliphatic heterocycles. The molecule has 25 heavy (non-hydrogen) atoms. The van der Waals surface area contributed by atoms with Crippen molar-refractivity contribution in [3.8, 4) is 0 Å². The molecule has 0 radical (unpaired) electrons. The van der Waals surface area contributed by atoms with Gasteiger partial charge in [0.05, 0.1) is 0 Å². The standard InChI is InChI=1S/C20H36N2O2S/c1-19(2,15-5-9-21-10-6-15)13-17(23)25-18(24)14-20(3,4)16-7-11-22-12-8-16/h15-16,21-22H,5-14H2,1-4H3. The van der Waals surface area contributed by atoms with Gasteiger partial charge in [0.2, 0.25) is 0 Å². The number of nitrogens with one attached hydrogen (secondary N) is 2. The second kappa shape index (κ2) is 9.01. The molecule has 0 saturated carbocycles. The van der Waals surface area contributed by atoms with Crippen molar-refractivity contribution in [3.63, 3.8) is 0 Å². The van der Waals surface area contributed by atoms with E-state index >= 15 is 0 Å². The zero-order valence-electron chi connectivity index (χ0n) is 16.5. The van der Waals surface area contributed by atoms with Gasteiger partial charge in [-0.05, 0) is 86.3 Å². The quantitative estimate of drug-likeness (QED) is 0.750. The van der Waals surface area contributed by atoms with Crippen LogP contribution < -0.4 is 10.6 Å². The first-order valence-electron chi connectivity index (χ1n) is 9.86. The van der Waals surface area contributed by atoms with E-state index in [1.54, 1.807) is 0 Å². The van der Waals surface area contributed by atoms with Crippen LogP contribution in [0.4, 0.5) is 0 Å². The molecule has 0 aromatic carbocycles. The lowest BCUT2D eigenvalue weighted by Crippen LogP contribution is -2.37. The zero-order valence-corrected chi connectivity index (χ0v) is 17.3. The van der Waals surface area contributed by atoms with Gasteiger partial charge in [0, 0.05) is 12.8 Å². The summed E-state index contributed by atoms with van der Waals surface area (Å²) in [6, 6.07) is 0. The van der Waals surface area contributed by atoms with E-state index in [1.807, 2.05) is 0 Å². The van der Waals surface area contributed by atoms with Gasteiger partial charge < -0.3 is 10.6 Å². The van der Waals surface area contributed by atoms with Crippen molar-refractivity contribution in [1.29, 1.82) is 0 Å². The van der Waals surface area contributed by atoms with E-state index < -0.39 is 0 Å². The van der Waals surface area contributed by atoms with Crippen LogP contribution in [0.5, 0.6) is 0 Å². The van der Waals surface area contributed by atoms with Crippen LogP contribution in [0.25, 0.3) is 0 Å². The number of hydrogen-bond acceptors (Lipinski definition) is 5. The van der Waals surface area contributed by atoms with Crippen LogP contribution in [0.2, 0.25) is 0 Å². The summed E-state index contributed by atoms with van der Waals surface area (Å²) in [7, 11) is 0. The predicted octanol–water partition coefficient (Wildman–Crippen LogP) is 3.60. The van der Waals surface area contributed by atoms with Gasteiger partial charge in [-0.2, -0.15) is 0 Å². The molecule has 0 amide bonds. The molecule has 2 heterocycles. The van der Waals surface area contributed by atoms with E-state index in [1.165, 1.54) is 0 Å². The van der Waals surface area contributed by atoms with Crippen LogP contribution in [0, 0.1) is 22.7 Å². The summed E-state index contributed by atoms with van der Waals surface area (Å²) >= 11 is 0.972. The monoisotopic (exact) mass is 368 g/mol. The van der Waals surface area contributed by atoms with Gasteiger partial charge >= 0.3 is 0 Å². The van der Waals surface area contributed by atoms with Gasteiger partial charge in [-0.3, -0.25) is 9.59 Å². The number of thioether (sulfide) groups is 1. The molecular weight excluding hydrogens is 332 g/mol. The molecule has 0 spiro atoms. The molecule has 0 atom stereocenters. The third kappa shape index (κ3) is 6.37. The minimum atomic E-state index is -0.0168. The Kier molecular flexibility index (Phi) is 7.53. The highest BCUT2D eigenvalue weighted by molar-refractivity contribution is 8.26. The van der Waals surface area contributed by atoms with Gasteiger partial charge in [0.1, 0.15) is 0 Å².